The second kappa shape index (κ2) is 8.41. The van der Waals surface area contributed by atoms with Gasteiger partial charge < -0.3 is 9.88 Å². The van der Waals surface area contributed by atoms with Crippen molar-refractivity contribution in [1.82, 2.24) is 14.9 Å². The van der Waals surface area contributed by atoms with Crippen molar-refractivity contribution in [3.8, 4) is 0 Å². The summed E-state index contributed by atoms with van der Waals surface area (Å²) in [5.74, 6) is 1.66. The molecule has 2 unspecified atom stereocenters. The minimum Gasteiger partial charge on any atom is -0.346 e. The molecular formula is C21H25N3OS. The maximum Gasteiger partial charge on any atom is 0.224 e. The number of rotatable bonds is 7. The van der Waals surface area contributed by atoms with Gasteiger partial charge in [0.2, 0.25) is 5.91 Å². The number of imidazole rings is 1. The molecule has 1 N–H and O–H groups in total. The van der Waals surface area contributed by atoms with Gasteiger partial charge in [0.1, 0.15) is 5.82 Å². The van der Waals surface area contributed by atoms with Crippen molar-refractivity contribution in [3.63, 3.8) is 0 Å². The van der Waals surface area contributed by atoms with E-state index in [0.717, 1.165) is 29.2 Å². The highest BCUT2D eigenvalue weighted by atomic mass is 32.2. The first-order valence-electron chi connectivity index (χ1n) is 9.03. The average molecular weight is 368 g/mol. The number of hydrogen-bond acceptors (Lipinski definition) is 3. The summed E-state index contributed by atoms with van der Waals surface area (Å²) in [5.41, 5.74) is 2.08. The Morgan fingerprint density at radius 3 is 2.54 bits per heavy atom. The number of carbonyl (C=O) groups is 1. The van der Waals surface area contributed by atoms with Gasteiger partial charge in [0.05, 0.1) is 17.1 Å². The Bertz CT molecular complexity index is 875. The molecule has 3 aromatic rings. The lowest BCUT2D eigenvalue weighted by molar-refractivity contribution is -0.124. The maximum absolute atomic E-state index is 12.6. The number of nitrogens with zero attached hydrogens (tertiary/aromatic N) is 2. The summed E-state index contributed by atoms with van der Waals surface area (Å²) in [6.07, 6.45) is 0. The fraction of sp³-hybridized carbons (Fsp3) is 0.333. The second-order valence-electron chi connectivity index (χ2n) is 6.46. The predicted molar refractivity (Wildman–Crippen MR) is 108 cm³/mol. The van der Waals surface area contributed by atoms with E-state index in [-0.39, 0.29) is 17.9 Å². The third-order valence-corrected chi connectivity index (χ3v) is 5.71. The van der Waals surface area contributed by atoms with Crippen LogP contribution in [0.25, 0.3) is 11.0 Å². The van der Waals surface area contributed by atoms with Gasteiger partial charge in [-0.15, -0.1) is 11.8 Å². The molecule has 3 rings (SSSR count). The van der Waals surface area contributed by atoms with E-state index in [0.29, 0.717) is 0 Å². The summed E-state index contributed by atoms with van der Waals surface area (Å²) in [4.78, 5) is 18.5. The Labute approximate surface area is 159 Å². The van der Waals surface area contributed by atoms with Crippen LogP contribution >= 0.6 is 11.8 Å². The topological polar surface area (TPSA) is 46.9 Å². The Kier molecular flexibility index (Phi) is 5.99. The number of amides is 1. The van der Waals surface area contributed by atoms with Crippen LogP contribution in [0.1, 0.15) is 32.6 Å². The first-order chi connectivity index (χ1) is 12.6. The standard InChI is InChI=1S/C21H25N3OS/c1-4-24-19-13-9-8-12-18(19)23-20(24)16(3)22-21(25)15(2)14-26-17-10-6-5-7-11-17/h5-13,15-16H,4,14H2,1-3H3,(H,22,25). The lowest BCUT2D eigenvalue weighted by Crippen LogP contribution is -2.33. The molecular weight excluding hydrogens is 342 g/mol. The summed E-state index contributed by atoms with van der Waals surface area (Å²) in [7, 11) is 0. The highest BCUT2D eigenvalue weighted by Crippen LogP contribution is 2.23. The zero-order chi connectivity index (χ0) is 18.5. The van der Waals surface area contributed by atoms with Gasteiger partial charge in [0.25, 0.3) is 0 Å². The van der Waals surface area contributed by atoms with Crippen LogP contribution in [0.5, 0.6) is 0 Å². The third-order valence-electron chi connectivity index (χ3n) is 4.44. The van der Waals surface area contributed by atoms with Gasteiger partial charge in [0.15, 0.2) is 0 Å². The molecule has 0 radical (unpaired) electrons. The second-order valence-corrected chi connectivity index (χ2v) is 7.55. The van der Waals surface area contributed by atoms with Crippen molar-refractivity contribution >= 4 is 28.7 Å². The molecule has 1 aromatic heterocycles. The predicted octanol–water partition coefficient (Wildman–Crippen LogP) is 4.66. The summed E-state index contributed by atoms with van der Waals surface area (Å²) < 4.78 is 2.17. The molecule has 136 valence electrons. The number of benzene rings is 2. The van der Waals surface area contributed by atoms with Crippen molar-refractivity contribution in [2.24, 2.45) is 5.92 Å². The third kappa shape index (κ3) is 4.10. The van der Waals surface area contributed by atoms with Gasteiger partial charge in [-0.25, -0.2) is 4.98 Å². The van der Waals surface area contributed by atoms with Gasteiger partial charge in [-0.05, 0) is 38.1 Å². The van der Waals surface area contributed by atoms with Crippen LogP contribution in [0.2, 0.25) is 0 Å². The molecule has 0 aliphatic carbocycles. The van der Waals surface area contributed by atoms with Gasteiger partial charge in [0, 0.05) is 23.1 Å². The van der Waals surface area contributed by atoms with E-state index in [2.05, 4.69) is 35.0 Å². The van der Waals surface area contributed by atoms with Crippen LogP contribution in [0.15, 0.2) is 59.5 Å². The number of aromatic nitrogens is 2. The van der Waals surface area contributed by atoms with Gasteiger partial charge in [-0.2, -0.15) is 0 Å². The minimum absolute atomic E-state index is 0.0654. The van der Waals surface area contributed by atoms with Gasteiger partial charge >= 0.3 is 0 Å². The molecule has 0 aliphatic heterocycles. The lowest BCUT2D eigenvalue weighted by atomic mass is 10.2. The molecule has 0 bridgehead atoms. The van der Waals surface area contributed by atoms with Crippen LogP contribution in [-0.2, 0) is 11.3 Å². The number of nitrogens with one attached hydrogen (secondary N) is 1. The van der Waals surface area contributed by atoms with Crippen molar-refractivity contribution in [1.29, 1.82) is 0 Å². The molecule has 0 spiro atoms. The largest absolute Gasteiger partial charge is 0.346 e. The van der Waals surface area contributed by atoms with Crippen LogP contribution in [0.3, 0.4) is 0 Å². The van der Waals surface area contributed by atoms with Crippen LogP contribution in [-0.4, -0.2) is 21.2 Å². The summed E-state index contributed by atoms with van der Waals surface area (Å²) in [6, 6.07) is 18.2. The first-order valence-corrected chi connectivity index (χ1v) is 10.0. The highest BCUT2D eigenvalue weighted by molar-refractivity contribution is 7.99. The number of carbonyl (C=O) groups excluding carboxylic acids is 1. The number of hydrogen-bond donors (Lipinski definition) is 1. The smallest absolute Gasteiger partial charge is 0.224 e. The molecule has 26 heavy (non-hydrogen) atoms. The summed E-state index contributed by atoms with van der Waals surface area (Å²) in [6.45, 7) is 6.91. The van der Waals surface area contributed by atoms with E-state index in [1.807, 2.05) is 50.2 Å². The van der Waals surface area contributed by atoms with Crippen molar-refractivity contribution in [3.05, 3.63) is 60.4 Å². The van der Waals surface area contributed by atoms with Crippen LogP contribution < -0.4 is 5.32 Å². The molecule has 1 heterocycles. The number of fused-ring (bicyclic) bond motifs is 1. The van der Waals surface area contributed by atoms with Crippen LogP contribution in [0.4, 0.5) is 0 Å². The fourth-order valence-electron chi connectivity index (χ4n) is 2.99. The van der Waals surface area contributed by atoms with E-state index in [4.69, 9.17) is 4.98 Å². The zero-order valence-electron chi connectivity index (χ0n) is 15.5. The van der Waals surface area contributed by atoms with E-state index in [1.54, 1.807) is 11.8 Å². The Morgan fingerprint density at radius 1 is 1.12 bits per heavy atom. The zero-order valence-corrected chi connectivity index (χ0v) is 16.3. The van der Waals surface area contributed by atoms with Crippen LogP contribution in [0, 0.1) is 5.92 Å². The van der Waals surface area contributed by atoms with Crippen molar-refractivity contribution in [2.75, 3.05) is 5.75 Å². The molecule has 0 aliphatic rings. The van der Waals surface area contributed by atoms with Gasteiger partial charge in [-0.1, -0.05) is 37.3 Å². The average Bonchev–Trinajstić information content (AvgIpc) is 3.05. The molecule has 5 heteroatoms. The SMILES string of the molecule is CCn1c(C(C)NC(=O)C(C)CSc2ccccc2)nc2ccccc21. The minimum atomic E-state index is -0.126. The molecule has 0 fully saturated rings. The molecule has 1 amide bonds. The van der Waals surface area contributed by atoms with E-state index in [1.165, 1.54) is 4.90 Å². The highest BCUT2D eigenvalue weighted by Gasteiger charge is 2.20. The first kappa shape index (κ1) is 18.5. The van der Waals surface area contributed by atoms with Gasteiger partial charge in [-0.3, -0.25) is 4.79 Å². The molecule has 2 aromatic carbocycles. The van der Waals surface area contributed by atoms with Crippen molar-refractivity contribution in [2.45, 2.75) is 38.3 Å². The summed E-state index contributed by atoms with van der Waals surface area (Å²) in [5, 5.41) is 3.13. The lowest BCUT2D eigenvalue weighted by Gasteiger charge is -2.18. The number of thioether (sulfide) groups is 1. The summed E-state index contributed by atoms with van der Waals surface area (Å²) >= 11 is 1.71. The molecule has 0 saturated carbocycles. The Hall–Kier alpha value is -2.27. The monoisotopic (exact) mass is 367 g/mol. The van der Waals surface area contributed by atoms with E-state index < -0.39 is 0 Å². The fourth-order valence-corrected chi connectivity index (χ4v) is 3.93. The quantitative estimate of drug-likeness (QED) is 0.618. The van der Waals surface area contributed by atoms with Crippen molar-refractivity contribution < 1.29 is 4.79 Å². The van der Waals surface area contributed by atoms with E-state index >= 15 is 0 Å². The Balaban J connectivity index is 1.65. The normalized spacial score (nSPS) is 13.5. The Morgan fingerprint density at radius 2 is 1.81 bits per heavy atom. The molecule has 0 saturated heterocycles. The molecule has 4 nitrogen and oxygen atoms in total. The number of aryl methyl sites for hydroxylation is 1. The molecule has 2 atom stereocenters. The number of para-hydroxylation sites is 2. The van der Waals surface area contributed by atoms with E-state index in [9.17, 15) is 4.79 Å². The maximum atomic E-state index is 12.6.